The highest BCUT2D eigenvalue weighted by atomic mass is 32.1. The van der Waals surface area contributed by atoms with Crippen LogP contribution >= 0.6 is 11.3 Å². The number of nitrogens with zero attached hydrogens (tertiary/aromatic N) is 2. The van der Waals surface area contributed by atoms with E-state index < -0.39 is 11.2 Å². The molecule has 1 N–H and O–H groups in total. The number of rotatable bonds is 4. The predicted molar refractivity (Wildman–Crippen MR) is 57.5 cm³/mol. The van der Waals surface area contributed by atoms with Crippen LogP contribution in [-0.4, -0.2) is 15.7 Å². The molecule has 92 valence electrons. The number of nitrogens with one attached hydrogen (secondary N) is 1. The second kappa shape index (κ2) is 4.57. The summed E-state index contributed by atoms with van der Waals surface area (Å²) in [7, 11) is 0. The van der Waals surface area contributed by atoms with Crippen LogP contribution in [-0.2, 0) is 6.18 Å². The van der Waals surface area contributed by atoms with E-state index in [1.54, 1.807) is 0 Å². The van der Waals surface area contributed by atoms with Crippen molar-refractivity contribution in [3.8, 4) is 0 Å². The summed E-state index contributed by atoms with van der Waals surface area (Å²) in [6, 6.07) is 0. The molecule has 0 spiro atoms. The minimum atomic E-state index is -4.41. The number of halogens is 3. The van der Waals surface area contributed by atoms with Crippen LogP contribution in [0.3, 0.4) is 0 Å². The van der Waals surface area contributed by atoms with Crippen LogP contribution < -0.4 is 5.32 Å². The Bertz CT molecular complexity index is 346. The number of aromatic nitrogens is 2. The third kappa shape index (κ3) is 3.62. The summed E-state index contributed by atoms with van der Waals surface area (Å²) in [5.74, 6) is 0. The van der Waals surface area contributed by atoms with Gasteiger partial charge >= 0.3 is 6.18 Å². The van der Waals surface area contributed by atoms with E-state index in [0.717, 1.165) is 12.8 Å². The summed E-state index contributed by atoms with van der Waals surface area (Å²) in [6.45, 7) is 5.86. The molecule has 3 nitrogen and oxygen atoms in total. The highest BCUT2D eigenvalue weighted by Gasteiger charge is 2.36. The molecular weight excluding hydrogens is 239 g/mol. The monoisotopic (exact) mass is 253 g/mol. The van der Waals surface area contributed by atoms with Crippen LogP contribution in [0.25, 0.3) is 0 Å². The Balaban J connectivity index is 2.73. The first-order valence-electron chi connectivity index (χ1n) is 4.93. The van der Waals surface area contributed by atoms with E-state index in [1.165, 1.54) is 0 Å². The van der Waals surface area contributed by atoms with Gasteiger partial charge in [0.15, 0.2) is 0 Å². The van der Waals surface area contributed by atoms with Crippen molar-refractivity contribution < 1.29 is 13.2 Å². The standard InChI is InChI=1S/C9H14F3N3S/c1-4-5-8(2,3)13-7-15-14-6(16-7)9(10,11)12/h4-5H2,1-3H3,(H,13,15). The SMILES string of the molecule is CCCC(C)(C)Nc1nnc(C(F)(F)F)s1. The molecule has 0 aliphatic heterocycles. The van der Waals surface area contributed by atoms with Crippen molar-refractivity contribution in [1.29, 1.82) is 0 Å². The van der Waals surface area contributed by atoms with Crippen LogP contribution in [0.4, 0.5) is 18.3 Å². The van der Waals surface area contributed by atoms with Crippen molar-refractivity contribution in [3.63, 3.8) is 0 Å². The van der Waals surface area contributed by atoms with Gasteiger partial charge in [-0.3, -0.25) is 0 Å². The van der Waals surface area contributed by atoms with Gasteiger partial charge in [0, 0.05) is 5.54 Å². The average Bonchev–Trinajstić information content (AvgIpc) is 2.50. The zero-order chi connectivity index (χ0) is 12.4. The Labute approximate surface area is 96.1 Å². The Morgan fingerprint density at radius 3 is 2.31 bits per heavy atom. The molecule has 1 heterocycles. The molecule has 0 aromatic carbocycles. The number of hydrogen-bond acceptors (Lipinski definition) is 4. The predicted octanol–water partition coefficient (Wildman–Crippen LogP) is 3.55. The van der Waals surface area contributed by atoms with Gasteiger partial charge in [0.05, 0.1) is 0 Å². The van der Waals surface area contributed by atoms with Gasteiger partial charge in [-0.2, -0.15) is 13.2 Å². The zero-order valence-electron chi connectivity index (χ0n) is 9.35. The van der Waals surface area contributed by atoms with E-state index in [-0.39, 0.29) is 10.7 Å². The first-order chi connectivity index (χ1) is 7.24. The Morgan fingerprint density at radius 2 is 1.88 bits per heavy atom. The molecular formula is C9H14F3N3S. The summed E-state index contributed by atoms with van der Waals surface area (Å²) in [4.78, 5) is 0. The fraction of sp³-hybridized carbons (Fsp3) is 0.778. The van der Waals surface area contributed by atoms with Crippen LogP contribution in [0, 0.1) is 0 Å². The minimum Gasteiger partial charge on any atom is -0.355 e. The summed E-state index contributed by atoms with van der Waals surface area (Å²) < 4.78 is 36.8. The van der Waals surface area contributed by atoms with Gasteiger partial charge in [0.1, 0.15) is 0 Å². The summed E-state index contributed by atoms with van der Waals surface area (Å²) in [6.07, 6.45) is -2.61. The van der Waals surface area contributed by atoms with E-state index in [9.17, 15) is 13.2 Å². The lowest BCUT2D eigenvalue weighted by Gasteiger charge is -2.24. The molecule has 0 aliphatic carbocycles. The quantitative estimate of drug-likeness (QED) is 0.891. The molecule has 0 saturated heterocycles. The van der Waals surface area contributed by atoms with Crippen molar-refractivity contribution in [1.82, 2.24) is 10.2 Å². The Hall–Kier alpha value is -0.850. The van der Waals surface area contributed by atoms with Gasteiger partial charge in [-0.25, -0.2) is 0 Å². The molecule has 16 heavy (non-hydrogen) atoms. The maximum absolute atomic E-state index is 12.3. The maximum Gasteiger partial charge on any atom is 0.445 e. The van der Waals surface area contributed by atoms with Gasteiger partial charge in [0.2, 0.25) is 10.1 Å². The maximum atomic E-state index is 12.3. The van der Waals surface area contributed by atoms with Crippen molar-refractivity contribution >= 4 is 16.5 Å². The van der Waals surface area contributed by atoms with Crippen LogP contribution in [0.15, 0.2) is 0 Å². The van der Waals surface area contributed by atoms with Crippen molar-refractivity contribution in [2.24, 2.45) is 0 Å². The molecule has 1 aromatic rings. The first-order valence-corrected chi connectivity index (χ1v) is 5.75. The van der Waals surface area contributed by atoms with Crippen molar-refractivity contribution in [2.75, 3.05) is 5.32 Å². The van der Waals surface area contributed by atoms with E-state index >= 15 is 0 Å². The molecule has 0 radical (unpaired) electrons. The lowest BCUT2D eigenvalue weighted by atomic mass is 10.00. The Kier molecular flexibility index (Phi) is 3.77. The number of alkyl halides is 3. The fourth-order valence-electron chi connectivity index (χ4n) is 1.37. The van der Waals surface area contributed by atoms with E-state index in [2.05, 4.69) is 15.5 Å². The van der Waals surface area contributed by atoms with Gasteiger partial charge in [-0.1, -0.05) is 24.7 Å². The minimum absolute atomic E-state index is 0.214. The number of anilines is 1. The summed E-state index contributed by atoms with van der Waals surface area (Å²) >= 11 is 0.534. The second-order valence-electron chi connectivity index (χ2n) is 4.17. The fourth-order valence-corrected chi connectivity index (χ4v) is 2.15. The third-order valence-electron chi connectivity index (χ3n) is 1.99. The van der Waals surface area contributed by atoms with Crippen LogP contribution in [0.5, 0.6) is 0 Å². The lowest BCUT2D eigenvalue weighted by Crippen LogP contribution is -2.30. The Morgan fingerprint density at radius 1 is 1.25 bits per heavy atom. The van der Waals surface area contributed by atoms with Crippen LogP contribution in [0.2, 0.25) is 0 Å². The van der Waals surface area contributed by atoms with Gasteiger partial charge < -0.3 is 5.32 Å². The molecule has 1 aromatic heterocycles. The largest absolute Gasteiger partial charge is 0.445 e. The lowest BCUT2D eigenvalue weighted by molar-refractivity contribution is -0.138. The van der Waals surface area contributed by atoms with E-state index in [0.29, 0.717) is 11.3 Å². The first kappa shape index (κ1) is 13.2. The van der Waals surface area contributed by atoms with E-state index in [1.807, 2.05) is 20.8 Å². The van der Waals surface area contributed by atoms with Gasteiger partial charge in [-0.15, -0.1) is 10.2 Å². The molecule has 0 aliphatic rings. The molecule has 0 unspecified atom stereocenters. The van der Waals surface area contributed by atoms with Crippen LogP contribution in [0.1, 0.15) is 38.6 Å². The van der Waals surface area contributed by atoms with Gasteiger partial charge in [0.25, 0.3) is 0 Å². The summed E-state index contributed by atoms with van der Waals surface area (Å²) in [5, 5.41) is 8.86. The van der Waals surface area contributed by atoms with E-state index in [4.69, 9.17) is 0 Å². The topological polar surface area (TPSA) is 37.8 Å². The molecule has 0 fully saturated rings. The molecule has 0 atom stereocenters. The highest BCUT2D eigenvalue weighted by Crippen LogP contribution is 2.34. The smallest absolute Gasteiger partial charge is 0.355 e. The zero-order valence-corrected chi connectivity index (χ0v) is 10.2. The number of hydrogen-bond donors (Lipinski definition) is 1. The second-order valence-corrected chi connectivity index (χ2v) is 5.15. The third-order valence-corrected chi connectivity index (χ3v) is 2.87. The molecule has 0 bridgehead atoms. The molecule has 1 rings (SSSR count). The van der Waals surface area contributed by atoms with Gasteiger partial charge in [-0.05, 0) is 20.3 Å². The van der Waals surface area contributed by atoms with Crippen molar-refractivity contribution in [2.45, 2.75) is 45.3 Å². The normalized spacial score (nSPS) is 12.9. The van der Waals surface area contributed by atoms with Crippen molar-refractivity contribution in [3.05, 3.63) is 5.01 Å². The summed E-state index contributed by atoms with van der Waals surface area (Å²) in [5.41, 5.74) is -0.267. The average molecular weight is 253 g/mol. The molecule has 0 saturated carbocycles. The highest BCUT2D eigenvalue weighted by molar-refractivity contribution is 7.15. The molecule has 0 amide bonds. The molecule has 7 heteroatoms.